The zero-order valence-corrected chi connectivity index (χ0v) is 24.7. The SMILES string of the molecule is CCCCOc1ccc(C(=O)N(CCOC)CC(=O)N(Cc2cccn2Cc2ccccc2)C2CCCCC2)cc1. The summed E-state index contributed by atoms with van der Waals surface area (Å²) >= 11 is 0. The predicted octanol–water partition coefficient (Wildman–Crippen LogP) is 6.17. The molecule has 0 radical (unpaired) electrons. The number of hydrogen-bond donors (Lipinski definition) is 0. The highest BCUT2D eigenvalue weighted by Crippen LogP contribution is 2.25. The van der Waals surface area contributed by atoms with Gasteiger partial charge in [-0.1, -0.05) is 62.9 Å². The van der Waals surface area contributed by atoms with Crippen molar-refractivity contribution >= 4 is 11.8 Å². The Bertz CT molecular complexity index is 1200. The number of nitrogens with zero attached hydrogens (tertiary/aromatic N) is 3. The first kappa shape index (κ1) is 30.4. The Morgan fingerprint density at radius 3 is 2.39 bits per heavy atom. The summed E-state index contributed by atoms with van der Waals surface area (Å²) in [5.41, 5.74) is 2.86. The van der Waals surface area contributed by atoms with Gasteiger partial charge in [-0.2, -0.15) is 0 Å². The van der Waals surface area contributed by atoms with Crippen LogP contribution in [0, 0.1) is 0 Å². The number of rotatable bonds is 15. The molecule has 4 rings (SSSR count). The number of aromatic nitrogens is 1. The second-order valence-electron chi connectivity index (χ2n) is 10.9. The molecule has 0 aliphatic heterocycles. The Hall–Kier alpha value is -3.58. The fraction of sp³-hybridized carbons (Fsp3) is 0.471. The van der Waals surface area contributed by atoms with Crippen LogP contribution >= 0.6 is 0 Å². The van der Waals surface area contributed by atoms with E-state index >= 15 is 0 Å². The summed E-state index contributed by atoms with van der Waals surface area (Å²) in [6, 6.07) is 21.9. The van der Waals surface area contributed by atoms with Gasteiger partial charge in [-0.15, -0.1) is 0 Å². The molecule has 0 spiro atoms. The zero-order chi connectivity index (χ0) is 28.9. The minimum Gasteiger partial charge on any atom is -0.494 e. The molecule has 1 aromatic heterocycles. The third-order valence-corrected chi connectivity index (χ3v) is 7.83. The Morgan fingerprint density at radius 2 is 1.68 bits per heavy atom. The van der Waals surface area contributed by atoms with Crippen LogP contribution in [0.5, 0.6) is 5.75 Å². The van der Waals surface area contributed by atoms with Crippen LogP contribution in [0.1, 0.15) is 73.5 Å². The maximum Gasteiger partial charge on any atom is 0.254 e. The van der Waals surface area contributed by atoms with Crippen molar-refractivity contribution in [1.82, 2.24) is 14.4 Å². The number of carbonyl (C=O) groups is 2. The first-order valence-electron chi connectivity index (χ1n) is 15.1. The summed E-state index contributed by atoms with van der Waals surface area (Å²) in [5.74, 6) is 0.552. The van der Waals surface area contributed by atoms with E-state index in [1.807, 2.05) is 29.2 Å². The third kappa shape index (κ3) is 8.95. The molecule has 3 aromatic rings. The largest absolute Gasteiger partial charge is 0.494 e. The Labute approximate surface area is 245 Å². The third-order valence-electron chi connectivity index (χ3n) is 7.83. The van der Waals surface area contributed by atoms with E-state index in [0.29, 0.717) is 31.9 Å². The monoisotopic (exact) mass is 559 g/mol. The molecule has 0 atom stereocenters. The number of unbranched alkanes of at least 4 members (excludes halogenated alkanes) is 1. The molecule has 7 nitrogen and oxygen atoms in total. The molecule has 1 fully saturated rings. The van der Waals surface area contributed by atoms with Gasteiger partial charge in [0.1, 0.15) is 12.3 Å². The summed E-state index contributed by atoms with van der Waals surface area (Å²) in [7, 11) is 1.61. The number of methoxy groups -OCH3 is 1. The topological polar surface area (TPSA) is 64.0 Å². The van der Waals surface area contributed by atoms with Gasteiger partial charge in [-0.25, -0.2) is 0 Å². The van der Waals surface area contributed by atoms with Gasteiger partial charge >= 0.3 is 0 Å². The number of amides is 2. The van der Waals surface area contributed by atoms with E-state index in [9.17, 15) is 9.59 Å². The van der Waals surface area contributed by atoms with E-state index < -0.39 is 0 Å². The van der Waals surface area contributed by atoms with E-state index in [-0.39, 0.29) is 24.4 Å². The number of ether oxygens (including phenoxy) is 2. The van der Waals surface area contributed by atoms with E-state index in [1.54, 1.807) is 24.1 Å². The maximum atomic E-state index is 14.0. The molecule has 1 heterocycles. The van der Waals surface area contributed by atoms with Crippen LogP contribution in [0.15, 0.2) is 72.9 Å². The van der Waals surface area contributed by atoms with Crippen LogP contribution in [0.4, 0.5) is 0 Å². The fourth-order valence-electron chi connectivity index (χ4n) is 5.43. The Balaban J connectivity index is 1.49. The van der Waals surface area contributed by atoms with Crippen molar-refractivity contribution < 1.29 is 19.1 Å². The summed E-state index contributed by atoms with van der Waals surface area (Å²) in [4.78, 5) is 31.2. The van der Waals surface area contributed by atoms with E-state index in [1.165, 1.54) is 12.0 Å². The predicted molar refractivity (Wildman–Crippen MR) is 162 cm³/mol. The van der Waals surface area contributed by atoms with Crippen molar-refractivity contribution in [2.75, 3.05) is 33.4 Å². The lowest BCUT2D eigenvalue weighted by Crippen LogP contribution is -2.48. The molecular formula is C34H45N3O4. The zero-order valence-electron chi connectivity index (χ0n) is 24.7. The highest BCUT2D eigenvalue weighted by molar-refractivity contribution is 5.96. The van der Waals surface area contributed by atoms with Gasteiger partial charge in [0.25, 0.3) is 5.91 Å². The van der Waals surface area contributed by atoms with Crippen molar-refractivity contribution in [3.63, 3.8) is 0 Å². The van der Waals surface area contributed by atoms with Crippen LogP contribution < -0.4 is 4.74 Å². The maximum absolute atomic E-state index is 14.0. The van der Waals surface area contributed by atoms with Crippen molar-refractivity contribution in [2.45, 2.75) is 71.0 Å². The van der Waals surface area contributed by atoms with Crippen LogP contribution in [-0.4, -0.2) is 65.6 Å². The molecule has 0 bridgehead atoms. The van der Waals surface area contributed by atoms with Crippen molar-refractivity contribution in [3.05, 3.63) is 89.7 Å². The molecule has 220 valence electrons. The molecule has 1 saturated carbocycles. The molecule has 41 heavy (non-hydrogen) atoms. The summed E-state index contributed by atoms with van der Waals surface area (Å²) in [5, 5.41) is 0. The second kappa shape index (κ2) is 16.0. The van der Waals surface area contributed by atoms with Crippen LogP contribution in [0.25, 0.3) is 0 Å². The fourth-order valence-corrected chi connectivity index (χ4v) is 5.43. The molecular weight excluding hydrogens is 514 g/mol. The Morgan fingerprint density at radius 1 is 0.927 bits per heavy atom. The minimum absolute atomic E-state index is 0.0201. The average Bonchev–Trinajstić information content (AvgIpc) is 3.45. The summed E-state index contributed by atoms with van der Waals surface area (Å²) in [6.07, 6.45) is 9.58. The standard InChI is InChI=1S/C34H45N3O4/c1-3-4-23-41-32-19-17-29(18-20-32)34(39)36(22-24-40-2)27-33(38)37(30-14-9-6-10-15-30)26-31-16-11-21-35(31)25-28-12-7-5-8-13-28/h5,7-8,11-13,16-21,30H,3-4,6,9-10,14-15,22-27H2,1-2H3. The first-order chi connectivity index (χ1) is 20.1. The van der Waals surface area contributed by atoms with E-state index in [4.69, 9.17) is 9.47 Å². The molecule has 2 aromatic carbocycles. The number of hydrogen-bond acceptors (Lipinski definition) is 4. The highest BCUT2D eigenvalue weighted by Gasteiger charge is 2.29. The van der Waals surface area contributed by atoms with Crippen LogP contribution in [0.2, 0.25) is 0 Å². The number of carbonyl (C=O) groups excluding carboxylic acids is 2. The van der Waals surface area contributed by atoms with Gasteiger partial charge < -0.3 is 23.8 Å². The lowest BCUT2D eigenvalue weighted by molar-refractivity contribution is -0.136. The quantitative estimate of drug-likeness (QED) is 0.209. The second-order valence-corrected chi connectivity index (χ2v) is 10.9. The van der Waals surface area contributed by atoms with Gasteiger partial charge in [-0.05, 0) is 61.2 Å². The van der Waals surface area contributed by atoms with Gasteiger partial charge in [-0.3, -0.25) is 9.59 Å². The molecule has 0 saturated heterocycles. The Kier molecular flexibility index (Phi) is 11.9. The van der Waals surface area contributed by atoms with Crippen molar-refractivity contribution in [2.24, 2.45) is 0 Å². The molecule has 0 N–H and O–H groups in total. The van der Waals surface area contributed by atoms with Crippen LogP contribution in [-0.2, 0) is 22.6 Å². The van der Waals surface area contributed by atoms with Gasteiger partial charge in [0.2, 0.25) is 5.91 Å². The average molecular weight is 560 g/mol. The molecule has 0 unspecified atom stereocenters. The summed E-state index contributed by atoms with van der Waals surface area (Å²) < 4.78 is 13.3. The minimum atomic E-state index is -0.174. The highest BCUT2D eigenvalue weighted by atomic mass is 16.5. The molecule has 7 heteroatoms. The summed E-state index contributed by atoms with van der Waals surface area (Å²) in [6.45, 7) is 4.79. The smallest absolute Gasteiger partial charge is 0.254 e. The molecule has 1 aliphatic carbocycles. The van der Waals surface area contributed by atoms with Gasteiger partial charge in [0.05, 0.1) is 19.8 Å². The number of benzene rings is 2. The first-order valence-corrected chi connectivity index (χ1v) is 15.1. The normalized spacial score (nSPS) is 13.6. The molecule has 1 aliphatic rings. The van der Waals surface area contributed by atoms with Gasteiger partial charge in [0.15, 0.2) is 0 Å². The van der Waals surface area contributed by atoms with Gasteiger partial charge in [0, 0.05) is 43.7 Å². The van der Waals surface area contributed by atoms with Crippen molar-refractivity contribution in [1.29, 1.82) is 0 Å². The van der Waals surface area contributed by atoms with Crippen molar-refractivity contribution in [3.8, 4) is 5.75 Å². The van der Waals surface area contributed by atoms with Crippen LogP contribution in [0.3, 0.4) is 0 Å². The lowest BCUT2D eigenvalue weighted by Gasteiger charge is -2.36. The molecule has 2 amide bonds. The van der Waals surface area contributed by atoms with E-state index in [0.717, 1.165) is 56.5 Å². The van der Waals surface area contributed by atoms with E-state index in [2.05, 4.69) is 48.0 Å². The lowest BCUT2D eigenvalue weighted by atomic mass is 9.94.